The van der Waals surface area contributed by atoms with Crippen LogP contribution in [0.3, 0.4) is 0 Å². The Hall–Kier alpha value is -1.97. The zero-order valence-electron chi connectivity index (χ0n) is 10.5. The topological polar surface area (TPSA) is 12.0 Å². The van der Waals surface area contributed by atoms with Crippen LogP contribution < -0.4 is 5.32 Å². The summed E-state index contributed by atoms with van der Waals surface area (Å²) in [6.45, 7) is 2.27. The summed E-state index contributed by atoms with van der Waals surface area (Å²) >= 11 is 0. The molecule has 100 valence electrons. The molecule has 0 aliphatic carbocycles. The van der Waals surface area contributed by atoms with E-state index >= 15 is 0 Å². The molecule has 1 N–H and O–H groups in total. The van der Waals surface area contributed by atoms with Gasteiger partial charge < -0.3 is 5.32 Å². The van der Waals surface area contributed by atoms with Gasteiger partial charge in [0.15, 0.2) is 0 Å². The highest BCUT2D eigenvalue weighted by Crippen LogP contribution is 2.20. The van der Waals surface area contributed by atoms with Gasteiger partial charge in [0.25, 0.3) is 6.43 Å². The highest BCUT2D eigenvalue weighted by Gasteiger charge is 2.06. The van der Waals surface area contributed by atoms with Gasteiger partial charge in [-0.25, -0.2) is 13.2 Å². The highest BCUT2D eigenvalue weighted by molar-refractivity contribution is 5.47. The molecule has 1 nitrogen and oxygen atoms in total. The average molecular weight is 265 g/mol. The molecule has 4 heteroatoms. The van der Waals surface area contributed by atoms with E-state index in [2.05, 4.69) is 5.32 Å². The van der Waals surface area contributed by atoms with E-state index in [0.29, 0.717) is 12.2 Å². The van der Waals surface area contributed by atoms with Crippen molar-refractivity contribution in [2.24, 2.45) is 0 Å². The molecule has 0 aliphatic heterocycles. The largest absolute Gasteiger partial charge is 0.379 e. The van der Waals surface area contributed by atoms with Crippen LogP contribution in [-0.2, 0) is 6.54 Å². The maximum Gasteiger partial charge on any atom is 0.263 e. The van der Waals surface area contributed by atoms with E-state index in [9.17, 15) is 13.2 Å². The molecule has 0 aliphatic rings. The summed E-state index contributed by atoms with van der Waals surface area (Å²) in [5.74, 6) is -0.324. The van der Waals surface area contributed by atoms with Crippen molar-refractivity contribution in [3.63, 3.8) is 0 Å². The smallest absolute Gasteiger partial charge is 0.263 e. The number of hydrogen-bond acceptors (Lipinski definition) is 1. The van der Waals surface area contributed by atoms with Crippen molar-refractivity contribution >= 4 is 5.69 Å². The molecule has 0 amide bonds. The van der Waals surface area contributed by atoms with Gasteiger partial charge in [0.05, 0.1) is 5.69 Å². The van der Waals surface area contributed by atoms with Crippen LogP contribution in [0.4, 0.5) is 18.9 Å². The zero-order chi connectivity index (χ0) is 13.8. The van der Waals surface area contributed by atoms with Gasteiger partial charge in [-0.3, -0.25) is 0 Å². The van der Waals surface area contributed by atoms with Crippen molar-refractivity contribution in [2.45, 2.75) is 19.9 Å². The van der Waals surface area contributed by atoms with Crippen LogP contribution in [0.15, 0.2) is 42.5 Å². The van der Waals surface area contributed by atoms with E-state index in [-0.39, 0.29) is 11.4 Å². The molecule has 0 heterocycles. The number of nitrogens with one attached hydrogen (secondary N) is 1. The average Bonchev–Trinajstić information content (AvgIpc) is 2.40. The number of benzene rings is 2. The second-order valence-corrected chi connectivity index (χ2v) is 4.38. The fraction of sp³-hybridized carbons (Fsp3) is 0.200. The predicted molar refractivity (Wildman–Crippen MR) is 69.9 cm³/mol. The van der Waals surface area contributed by atoms with E-state index in [0.717, 1.165) is 11.1 Å². The lowest BCUT2D eigenvalue weighted by Gasteiger charge is -2.09. The Kier molecular flexibility index (Phi) is 4.10. The predicted octanol–water partition coefficient (Wildman–Crippen LogP) is 4.68. The molecule has 0 saturated carbocycles. The number of aryl methyl sites for hydroxylation is 1. The van der Waals surface area contributed by atoms with Crippen molar-refractivity contribution in [1.29, 1.82) is 0 Å². The Labute approximate surface area is 110 Å². The third kappa shape index (κ3) is 3.50. The maximum atomic E-state index is 13.5. The highest BCUT2D eigenvalue weighted by atomic mass is 19.3. The molecule has 0 bridgehead atoms. The number of halogens is 3. The number of alkyl halides is 2. The summed E-state index contributed by atoms with van der Waals surface area (Å²) in [5.41, 5.74) is 2.19. The van der Waals surface area contributed by atoms with Crippen molar-refractivity contribution in [3.05, 3.63) is 65.0 Å². The molecule has 0 fully saturated rings. The van der Waals surface area contributed by atoms with Gasteiger partial charge in [0.1, 0.15) is 5.82 Å². The first-order valence-corrected chi connectivity index (χ1v) is 5.93. The van der Waals surface area contributed by atoms with E-state index in [1.54, 1.807) is 24.3 Å². The Morgan fingerprint density at radius 1 is 1.05 bits per heavy atom. The second kappa shape index (κ2) is 5.78. The van der Waals surface area contributed by atoms with Gasteiger partial charge in [-0.2, -0.15) is 0 Å². The van der Waals surface area contributed by atoms with E-state index in [1.807, 2.05) is 6.92 Å². The minimum absolute atomic E-state index is 0.00881. The van der Waals surface area contributed by atoms with Crippen LogP contribution in [0.5, 0.6) is 0 Å². The first kappa shape index (κ1) is 13.5. The first-order valence-electron chi connectivity index (χ1n) is 5.93. The molecule has 2 rings (SSSR count). The van der Waals surface area contributed by atoms with E-state index in [1.165, 1.54) is 18.2 Å². The fourth-order valence-corrected chi connectivity index (χ4v) is 1.75. The van der Waals surface area contributed by atoms with Crippen LogP contribution in [0, 0.1) is 12.7 Å². The van der Waals surface area contributed by atoms with Crippen molar-refractivity contribution in [2.75, 3.05) is 5.32 Å². The van der Waals surface area contributed by atoms with E-state index in [4.69, 9.17) is 0 Å². The summed E-state index contributed by atoms with van der Waals surface area (Å²) < 4.78 is 38.2. The molecule has 2 aromatic carbocycles. The lowest BCUT2D eigenvalue weighted by atomic mass is 10.1. The van der Waals surface area contributed by atoms with Crippen molar-refractivity contribution in [3.8, 4) is 0 Å². The Morgan fingerprint density at radius 3 is 2.37 bits per heavy atom. The molecular weight excluding hydrogens is 251 g/mol. The summed E-state index contributed by atoms with van der Waals surface area (Å²) in [7, 11) is 0. The van der Waals surface area contributed by atoms with Gasteiger partial charge >= 0.3 is 0 Å². The van der Waals surface area contributed by atoms with Crippen molar-refractivity contribution in [1.82, 2.24) is 0 Å². The normalized spacial score (nSPS) is 10.8. The molecule has 0 atom stereocenters. The summed E-state index contributed by atoms with van der Waals surface area (Å²) in [5, 5.41) is 2.96. The zero-order valence-corrected chi connectivity index (χ0v) is 10.5. The summed E-state index contributed by atoms with van der Waals surface area (Å²) in [6.07, 6.45) is -2.46. The lowest BCUT2D eigenvalue weighted by Crippen LogP contribution is -2.02. The molecule has 2 aromatic rings. The monoisotopic (exact) mass is 265 g/mol. The molecule has 0 unspecified atom stereocenters. The molecular formula is C15H14F3N. The standard InChI is InChI=1S/C15H14F3N/c1-10-2-7-13(16)14(8-10)19-9-11-3-5-12(6-4-11)15(17)18/h2-8,15,19H,9H2,1H3. The third-order valence-corrected chi connectivity index (χ3v) is 2.84. The first-order chi connectivity index (χ1) is 9.06. The molecule has 0 radical (unpaired) electrons. The van der Waals surface area contributed by atoms with Gasteiger partial charge in [0, 0.05) is 12.1 Å². The van der Waals surface area contributed by atoms with Crippen LogP contribution in [0.2, 0.25) is 0 Å². The number of hydrogen-bond donors (Lipinski definition) is 1. The van der Waals surface area contributed by atoms with Gasteiger partial charge in [-0.1, -0.05) is 30.3 Å². The maximum absolute atomic E-state index is 13.5. The minimum atomic E-state index is -2.46. The lowest BCUT2D eigenvalue weighted by molar-refractivity contribution is 0.151. The number of rotatable bonds is 4. The Balaban J connectivity index is 2.04. The van der Waals surface area contributed by atoms with E-state index < -0.39 is 6.43 Å². The Morgan fingerprint density at radius 2 is 1.74 bits per heavy atom. The van der Waals surface area contributed by atoms with Gasteiger partial charge in [0.2, 0.25) is 0 Å². The molecule has 0 spiro atoms. The van der Waals surface area contributed by atoms with Crippen LogP contribution >= 0.6 is 0 Å². The van der Waals surface area contributed by atoms with Gasteiger partial charge in [-0.05, 0) is 30.2 Å². The van der Waals surface area contributed by atoms with Crippen LogP contribution in [0.1, 0.15) is 23.1 Å². The Bertz CT molecular complexity index is 550. The third-order valence-electron chi connectivity index (χ3n) is 2.84. The summed E-state index contributed by atoms with van der Waals surface area (Å²) in [6, 6.07) is 10.8. The minimum Gasteiger partial charge on any atom is -0.379 e. The molecule has 19 heavy (non-hydrogen) atoms. The fourth-order valence-electron chi connectivity index (χ4n) is 1.75. The molecule has 0 saturated heterocycles. The van der Waals surface area contributed by atoms with Crippen molar-refractivity contribution < 1.29 is 13.2 Å². The molecule has 0 aromatic heterocycles. The summed E-state index contributed by atoms with van der Waals surface area (Å²) in [4.78, 5) is 0. The van der Waals surface area contributed by atoms with Crippen LogP contribution in [-0.4, -0.2) is 0 Å². The van der Waals surface area contributed by atoms with Crippen LogP contribution in [0.25, 0.3) is 0 Å². The number of anilines is 1. The second-order valence-electron chi connectivity index (χ2n) is 4.38. The SMILES string of the molecule is Cc1ccc(F)c(NCc2ccc(C(F)F)cc2)c1. The quantitative estimate of drug-likeness (QED) is 0.846. The van der Waals surface area contributed by atoms with Gasteiger partial charge in [-0.15, -0.1) is 0 Å².